The molecule has 0 amide bonds. The van der Waals surface area contributed by atoms with Gasteiger partial charge in [-0.15, -0.1) is 0 Å². The Morgan fingerprint density at radius 2 is 1.69 bits per heavy atom. The Morgan fingerprint density at radius 3 is 2.19 bits per heavy atom. The molecule has 0 heteroatoms. The minimum absolute atomic E-state index is 0.853. The van der Waals surface area contributed by atoms with E-state index >= 15 is 0 Å². The van der Waals surface area contributed by atoms with Gasteiger partial charge in [-0.1, -0.05) is 54.4 Å². The van der Waals surface area contributed by atoms with Crippen molar-refractivity contribution in [3.63, 3.8) is 0 Å². The van der Waals surface area contributed by atoms with Crippen LogP contribution in [0.4, 0.5) is 0 Å². The summed E-state index contributed by atoms with van der Waals surface area (Å²) in [5.74, 6) is 5.65. The molecule has 0 aliphatic heterocycles. The molecule has 1 aliphatic carbocycles. The summed E-state index contributed by atoms with van der Waals surface area (Å²) >= 11 is 0. The fourth-order valence-electron chi connectivity index (χ4n) is 3.68. The molecule has 1 fully saturated rings. The average molecular weight is 224 g/mol. The summed E-state index contributed by atoms with van der Waals surface area (Å²) in [6, 6.07) is 0. The topological polar surface area (TPSA) is 0 Å². The third-order valence-electron chi connectivity index (χ3n) is 5.43. The third kappa shape index (κ3) is 3.25. The molecular formula is C16H32. The van der Waals surface area contributed by atoms with Gasteiger partial charge in [0.1, 0.15) is 0 Å². The maximum atomic E-state index is 2.52. The molecule has 0 saturated heterocycles. The van der Waals surface area contributed by atoms with Crippen molar-refractivity contribution in [2.24, 2.45) is 35.5 Å². The van der Waals surface area contributed by atoms with E-state index in [-0.39, 0.29) is 0 Å². The molecule has 0 aromatic heterocycles. The van der Waals surface area contributed by atoms with Gasteiger partial charge in [0.25, 0.3) is 0 Å². The molecule has 1 rings (SSSR count). The summed E-state index contributed by atoms with van der Waals surface area (Å²) in [6.45, 7) is 14.5. The summed E-state index contributed by atoms with van der Waals surface area (Å²) in [5, 5.41) is 0. The third-order valence-corrected chi connectivity index (χ3v) is 5.43. The molecule has 1 aliphatic rings. The van der Waals surface area contributed by atoms with Crippen LogP contribution in [0.5, 0.6) is 0 Å². The first-order valence-electron chi connectivity index (χ1n) is 7.47. The second-order valence-electron chi connectivity index (χ2n) is 6.70. The fourth-order valence-corrected chi connectivity index (χ4v) is 3.68. The minimum Gasteiger partial charge on any atom is -0.0651 e. The van der Waals surface area contributed by atoms with Gasteiger partial charge in [-0.3, -0.25) is 0 Å². The van der Waals surface area contributed by atoms with Crippen molar-refractivity contribution in [2.45, 2.75) is 67.2 Å². The zero-order valence-corrected chi connectivity index (χ0v) is 12.3. The van der Waals surface area contributed by atoms with Gasteiger partial charge in [0.2, 0.25) is 0 Å². The Morgan fingerprint density at radius 1 is 1.06 bits per heavy atom. The van der Waals surface area contributed by atoms with Crippen LogP contribution >= 0.6 is 0 Å². The van der Waals surface area contributed by atoms with E-state index in [4.69, 9.17) is 0 Å². The number of hydrogen-bond donors (Lipinski definition) is 0. The van der Waals surface area contributed by atoms with Crippen molar-refractivity contribution < 1.29 is 0 Å². The van der Waals surface area contributed by atoms with E-state index in [1.165, 1.54) is 25.7 Å². The predicted octanol–water partition coefficient (Wildman–Crippen LogP) is 5.38. The van der Waals surface area contributed by atoms with Crippen LogP contribution in [0.2, 0.25) is 0 Å². The smallest absolute Gasteiger partial charge is 0.0363 e. The standard InChI is InChI=1S/C16H32/c1-7-16-12(4)8-9-15(14(16)6)10-13(5)11(2)3/h11-16H,7-10H2,1-6H3. The summed E-state index contributed by atoms with van der Waals surface area (Å²) < 4.78 is 0. The van der Waals surface area contributed by atoms with Crippen LogP contribution < -0.4 is 0 Å². The highest BCUT2D eigenvalue weighted by molar-refractivity contribution is 4.84. The van der Waals surface area contributed by atoms with E-state index in [1.807, 2.05) is 0 Å². The lowest BCUT2D eigenvalue weighted by atomic mass is 9.64. The first kappa shape index (κ1) is 14.1. The van der Waals surface area contributed by atoms with E-state index < -0.39 is 0 Å². The van der Waals surface area contributed by atoms with Crippen LogP contribution in [-0.4, -0.2) is 0 Å². The van der Waals surface area contributed by atoms with Gasteiger partial charge >= 0.3 is 0 Å². The summed E-state index contributed by atoms with van der Waals surface area (Å²) in [5.41, 5.74) is 0. The highest BCUT2D eigenvalue weighted by Gasteiger charge is 2.34. The zero-order chi connectivity index (χ0) is 12.3. The Kier molecular flexibility index (Phi) is 5.34. The quantitative estimate of drug-likeness (QED) is 0.601. The van der Waals surface area contributed by atoms with Gasteiger partial charge in [0.05, 0.1) is 0 Å². The number of hydrogen-bond acceptors (Lipinski definition) is 0. The lowest BCUT2D eigenvalue weighted by molar-refractivity contribution is 0.0870. The molecule has 0 nitrogen and oxygen atoms in total. The molecule has 0 radical (unpaired) electrons. The van der Waals surface area contributed by atoms with Gasteiger partial charge < -0.3 is 0 Å². The maximum Gasteiger partial charge on any atom is -0.0363 e. The van der Waals surface area contributed by atoms with Gasteiger partial charge in [-0.25, -0.2) is 0 Å². The van der Waals surface area contributed by atoms with Gasteiger partial charge in [0, 0.05) is 0 Å². The maximum absolute atomic E-state index is 2.52. The van der Waals surface area contributed by atoms with Gasteiger partial charge in [0.15, 0.2) is 0 Å². The van der Waals surface area contributed by atoms with Crippen molar-refractivity contribution >= 4 is 0 Å². The second kappa shape index (κ2) is 6.07. The summed E-state index contributed by atoms with van der Waals surface area (Å²) in [6.07, 6.45) is 5.80. The van der Waals surface area contributed by atoms with Crippen molar-refractivity contribution in [3.05, 3.63) is 0 Å². The molecule has 0 aromatic carbocycles. The molecule has 0 bridgehead atoms. The molecule has 0 spiro atoms. The Hall–Kier alpha value is 0. The molecule has 96 valence electrons. The fraction of sp³-hybridized carbons (Fsp3) is 1.00. The van der Waals surface area contributed by atoms with Crippen LogP contribution in [0.3, 0.4) is 0 Å². The van der Waals surface area contributed by atoms with E-state index in [9.17, 15) is 0 Å². The number of rotatable bonds is 4. The molecule has 0 N–H and O–H groups in total. The van der Waals surface area contributed by atoms with E-state index in [0.717, 1.165) is 35.5 Å². The minimum atomic E-state index is 0.853. The molecule has 1 saturated carbocycles. The molecule has 5 atom stereocenters. The molecule has 16 heavy (non-hydrogen) atoms. The normalized spacial score (nSPS) is 37.7. The Balaban J connectivity index is 2.55. The molecular weight excluding hydrogens is 192 g/mol. The van der Waals surface area contributed by atoms with Crippen molar-refractivity contribution in [1.82, 2.24) is 0 Å². The highest BCUT2D eigenvalue weighted by Crippen LogP contribution is 2.43. The van der Waals surface area contributed by atoms with Crippen LogP contribution in [0, 0.1) is 35.5 Å². The Labute approximate surface area is 103 Å². The monoisotopic (exact) mass is 224 g/mol. The summed E-state index contributed by atoms with van der Waals surface area (Å²) in [7, 11) is 0. The van der Waals surface area contributed by atoms with E-state index in [0.29, 0.717) is 0 Å². The van der Waals surface area contributed by atoms with Crippen LogP contribution in [0.15, 0.2) is 0 Å². The lowest BCUT2D eigenvalue weighted by Gasteiger charge is -2.41. The van der Waals surface area contributed by atoms with Crippen molar-refractivity contribution in [2.75, 3.05) is 0 Å². The highest BCUT2D eigenvalue weighted by atomic mass is 14.4. The van der Waals surface area contributed by atoms with Crippen molar-refractivity contribution in [3.8, 4) is 0 Å². The molecule has 0 aromatic rings. The largest absolute Gasteiger partial charge is 0.0651 e. The first-order chi connectivity index (χ1) is 7.47. The van der Waals surface area contributed by atoms with Crippen LogP contribution in [-0.2, 0) is 0 Å². The summed E-state index contributed by atoms with van der Waals surface area (Å²) in [4.78, 5) is 0. The van der Waals surface area contributed by atoms with Gasteiger partial charge in [-0.2, -0.15) is 0 Å². The predicted molar refractivity (Wildman–Crippen MR) is 73.5 cm³/mol. The van der Waals surface area contributed by atoms with E-state index in [1.54, 1.807) is 0 Å². The van der Waals surface area contributed by atoms with E-state index in [2.05, 4.69) is 41.5 Å². The zero-order valence-electron chi connectivity index (χ0n) is 12.3. The van der Waals surface area contributed by atoms with Crippen LogP contribution in [0.25, 0.3) is 0 Å². The van der Waals surface area contributed by atoms with Crippen molar-refractivity contribution in [1.29, 1.82) is 0 Å². The lowest BCUT2D eigenvalue weighted by Crippen LogP contribution is -2.32. The first-order valence-corrected chi connectivity index (χ1v) is 7.47. The molecule has 5 unspecified atom stereocenters. The Bertz CT molecular complexity index is 194. The average Bonchev–Trinajstić information content (AvgIpc) is 2.22. The molecule has 0 heterocycles. The van der Waals surface area contributed by atoms with Gasteiger partial charge in [-0.05, 0) is 48.3 Å². The SMILES string of the molecule is CCC1C(C)CCC(CC(C)C(C)C)C1C. The second-order valence-corrected chi connectivity index (χ2v) is 6.70. The van der Waals surface area contributed by atoms with Crippen LogP contribution in [0.1, 0.15) is 67.2 Å².